The molecule has 0 bridgehead atoms. The van der Waals surface area contributed by atoms with Crippen LogP contribution >= 0.6 is 0 Å². The van der Waals surface area contributed by atoms with Crippen LogP contribution < -0.4 is 5.32 Å². The molecule has 1 fully saturated rings. The molecule has 0 spiro atoms. The fraction of sp³-hybridized carbons (Fsp3) is 0.900. The summed E-state index contributed by atoms with van der Waals surface area (Å²) < 4.78 is 10.4. The third-order valence-electron chi connectivity index (χ3n) is 2.09. The number of carbonyl (C=O) groups is 1. The lowest BCUT2D eigenvalue weighted by molar-refractivity contribution is -0.130. The highest BCUT2D eigenvalue weighted by Gasteiger charge is 2.33. The molecule has 1 amide bonds. The third-order valence-corrected chi connectivity index (χ3v) is 2.09. The monoisotopic (exact) mass is 201 g/mol. The number of nitrogens with one attached hydrogen (secondary N) is 1. The van der Waals surface area contributed by atoms with Gasteiger partial charge in [-0.05, 0) is 27.7 Å². The molecule has 1 atom stereocenters. The molecule has 14 heavy (non-hydrogen) atoms. The van der Waals surface area contributed by atoms with Crippen LogP contribution in [-0.4, -0.2) is 30.4 Å². The molecule has 82 valence electrons. The van der Waals surface area contributed by atoms with Crippen molar-refractivity contribution in [2.75, 3.05) is 13.2 Å². The van der Waals surface area contributed by atoms with E-state index in [9.17, 15) is 4.79 Å². The van der Waals surface area contributed by atoms with E-state index >= 15 is 0 Å². The van der Waals surface area contributed by atoms with Crippen LogP contribution in [-0.2, 0) is 9.47 Å². The zero-order valence-corrected chi connectivity index (χ0v) is 9.35. The summed E-state index contributed by atoms with van der Waals surface area (Å²) in [7, 11) is 0. The van der Waals surface area contributed by atoms with E-state index in [1.807, 2.05) is 27.7 Å². The van der Waals surface area contributed by atoms with Crippen LogP contribution in [0.1, 0.15) is 34.1 Å². The number of hydrogen-bond acceptors (Lipinski definition) is 3. The first-order valence-electron chi connectivity index (χ1n) is 4.92. The molecule has 1 N–H and O–H groups in total. The molecular formula is C10H19NO3. The van der Waals surface area contributed by atoms with Crippen LogP contribution in [0, 0.1) is 0 Å². The topological polar surface area (TPSA) is 47.6 Å². The van der Waals surface area contributed by atoms with Crippen molar-refractivity contribution in [3.63, 3.8) is 0 Å². The van der Waals surface area contributed by atoms with Gasteiger partial charge < -0.3 is 14.8 Å². The van der Waals surface area contributed by atoms with Gasteiger partial charge in [0, 0.05) is 13.0 Å². The van der Waals surface area contributed by atoms with Crippen molar-refractivity contribution in [1.29, 1.82) is 0 Å². The lowest BCUT2D eigenvalue weighted by atomic mass is 9.98. The standard InChI is InChI=1S/C10H19NO3/c1-9(2,3)14-8(12)11-7-10(4)5-6-13-10/h5-7H2,1-4H3,(H,11,12). The maximum absolute atomic E-state index is 11.3. The smallest absolute Gasteiger partial charge is 0.407 e. The Morgan fingerprint density at radius 1 is 1.57 bits per heavy atom. The van der Waals surface area contributed by atoms with Gasteiger partial charge in [-0.25, -0.2) is 4.79 Å². The van der Waals surface area contributed by atoms with Crippen LogP contribution in [0.5, 0.6) is 0 Å². The summed E-state index contributed by atoms with van der Waals surface area (Å²) in [5.41, 5.74) is -0.623. The Morgan fingerprint density at radius 3 is 2.50 bits per heavy atom. The van der Waals surface area contributed by atoms with Gasteiger partial charge in [0.25, 0.3) is 0 Å². The minimum atomic E-state index is -0.439. The average Bonchev–Trinajstić information content (AvgIpc) is 1.94. The third kappa shape index (κ3) is 3.54. The molecule has 0 aliphatic carbocycles. The Labute approximate surface area is 85.0 Å². The molecule has 1 aliphatic rings. The van der Waals surface area contributed by atoms with E-state index in [0.717, 1.165) is 13.0 Å². The SMILES string of the molecule is CC(C)(C)OC(=O)NCC1(C)CCO1. The quantitative estimate of drug-likeness (QED) is 0.739. The average molecular weight is 201 g/mol. The summed E-state index contributed by atoms with van der Waals surface area (Å²) in [6.07, 6.45) is 0.609. The summed E-state index contributed by atoms with van der Waals surface area (Å²) in [5, 5.41) is 2.70. The van der Waals surface area contributed by atoms with E-state index in [0.29, 0.717) is 6.54 Å². The van der Waals surface area contributed by atoms with E-state index in [2.05, 4.69) is 5.32 Å². The highest BCUT2D eigenvalue weighted by Crippen LogP contribution is 2.24. The van der Waals surface area contributed by atoms with Crippen molar-refractivity contribution in [3.8, 4) is 0 Å². The fourth-order valence-corrected chi connectivity index (χ4v) is 1.16. The molecule has 0 saturated carbocycles. The van der Waals surface area contributed by atoms with Gasteiger partial charge in [-0.3, -0.25) is 0 Å². The molecule has 1 aliphatic heterocycles. The second-order valence-electron chi connectivity index (χ2n) is 4.90. The second kappa shape index (κ2) is 3.77. The molecule has 1 rings (SSSR count). The summed E-state index contributed by atoms with van der Waals surface area (Å²) in [6, 6.07) is 0. The molecular weight excluding hydrogens is 182 g/mol. The van der Waals surface area contributed by atoms with Gasteiger partial charge in [-0.1, -0.05) is 0 Å². The van der Waals surface area contributed by atoms with Crippen molar-refractivity contribution >= 4 is 6.09 Å². The number of alkyl carbamates (subject to hydrolysis) is 1. The van der Waals surface area contributed by atoms with Gasteiger partial charge in [0.2, 0.25) is 0 Å². The van der Waals surface area contributed by atoms with Crippen molar-refractivity contribution in [1.82, 2.24) is 5.32 Å². The number of amides is 1. The number of rotatable bonds is 2. The van der Waals surface area contributed by atoms with Crippen LogP contribution in [0.25, 0.3) is 0 Å². The van der Waals surface area contributed by atoms with Gasteiger partial charge in [0.05, 0.1) is 12.2 Å². The Balaban J connectivity index is 2.21. The first-order chi connectivity index (χ1) is 6.31. The Morgan fingerprint density at radius 2 is 2.14 bits per heavy atom. The second-order valence-corrected chi connectivity index (χ2v) is 4.90. The predicted molar refractivity (Wildman–Crippen MR) is 53.2 cm³/mol. The number of carbonyl (C=O) groups excluding carboxylic acids is 1. The maximum atomic E-state index is 11.3. The van der Waals surface area contributed by atoms with E-state index in [1.165, 1.54) is 0 Å². The minimum Gasteiger partial charge on any atom is -0.444 e. The van der Waals surface area contributed by atoms with Crippen molar-refractivity contribution in [2.24, 2.45) is 0 Å². The molecule has 0 aromatic carbocycles. The van der Waals surface area contributed by atoms with E-state index in [1.54, 1.807) is 0 Å². The zero-order valence-electron chi connectivity index (χ0n) is 9.35. The lowest BCUT2D eigenvalue weighted by Gasteiger charge is -2.38. The van der Waals surface area contributed by atoms with Crippen molar-refractivity contribution in [2.45, 2.75) is 45.3 Å². The number of hydrogen-bond donors (Lipinski definition) is 1. The summed E-state index contributed by atoms with van der Waals surface area (Å²) in [5.74, 6) is 0. The van der Waals surface area contributed by atoms with Gasteiger partial charge in [0.1, 0.15) is 5.60 Å². The van der Waals surface area contributed by atoms with Crippen LogP contribution in [0.4, 0.5) is 4.79 Å². The Bertz CT molecular complexity index is 216. The molecule has 4 nitrogen and oxygen atoms in total. The molecule has 0 aromatic heterocycles. The van der Waals surface area contributed by atoms with Crippen molar-refractivity contribution < 1.29 is 14.3 Å². The molecule has 0 radical (unpaired) electrons. The van der Waals surface area contributed by atoms with Gasteiger partial charge >= 0.3 is 6.09 Å². The van der Waals surface area contributed by atoms with Gasteiger partial charge in [0.15, 0.2) is 0 Å². The first kappa shape index (κ1) is 11.3. The molecule has 4 heteroatoms. The van der Waals surface area contributed by atoms with Crippen molar-refractivity contribution in [3.05, 3.63) is 0 Å². The molecule has 1 saturated heterocycles. The lowest BCUT2D eigenvalue weighted by Crippen LogP contribution is -2.50. The number of ether oxygens (including phenoxy) is 2. The fourth-order valence-electron chi connectivity index (χ4n) is 1.16. The van der Waals surface area contributed by atoms with E-state index in [4.69, 9.17) is 9.47 Å². The summed E-state index contributed by atoms with van der Waals surface area (Å²) in [4.78, 5) is 11.3. The van der Waals surface area contributed by atoms with Gasteiger partial charge in [-0.15, -0.1) is 0 Å². The Kier molecular flexibility index (Phi) is 3.04. The predicted octanol–water partition coefficient (Wildman–Crippen LogP) is 1.69. The molecule has 1 unspecified atom stereocenters. The largest absolute Gasteiger partial charge is 0.444 e. The van der Waals surface area contributed by atoms with E-state index in [-0.39, 0.29) is 11.7 Å². The van der Waals surface area contributed by atoms with Crippen LogP contribution in [0.3, 0.4) is 0 Å². The minimum absolute atomic E-state index is 0.184. The van der Waals surface area contributed by atoms with Gasteiger partial charge in [-0.2, -0.15) is 0 Å². The van der Waals surface area contributed by atoms with E-state index < -0.39 is 5.60 Å². The van der Waals surface area contributed by atoms with Crippen LogP contribution in [0.2, 0.25) is 0 Å². The Hall–Kier alpha value is -0.770. The first-order valence-corrected chi connectivity index (χ1v) is 4.92. The highest BCUT2D eigenvalue weighted by molar-refractivity contribution is 5.67. The summed E-state index contributed by atoms with van der Waals surface area (Å²) in [6.45, 7) is 8.80. The zero-order chi connectivity index (χ0) is 10.8. The molecule has 0 aromatic rings. The summed E-state index contributed by atoms with van der Waals surface area (Å²) >= 11 is 0. The highest BCUT2D eigenvalue weighted by atomic mass is 16.6. The normalized spacial score (nSPS) is 26.6. The maximum Gasteiger partial charge on any atom is 0.407 e. The van der Waals surface area contributed by atoms with Crippen LogP contribution in [0.15, 0.2) is 0 Å². The molecule has 1 heterocycles.